The summed E-state index contributed by atoms with van der Waals surface area (Å²) in [5.74, 6) is 1.02. The van der Waals surface area contributed by atoms with E-state index in [0.717, 1.165) is 16.6 Å². The zero-order chi connectivity index (χ0) is 21.2. The fraction of sp³-hybridized carbons (Fsp3) is 0. The zero-order valence-electron chi connectivity index (χ0n) is 16.3. The Morgan fingerprint density at radius 3 is 2.39 bits per heavy atom. The molecule has 0 bridgehead atoms. The second-order valence-corrected chi connectivity index (χ2v) is 6.89. The Kier molecular flexibility index (Phi) is 4.61. The Bertz CT molecular complexity index is 1340. The highest BCUT2D eigenvalue weighted by Crippen LogP contribution is 2.30. The fourth-order valence-electron chi connectivity index (χ4n) is 3.22. The third-order valence-electron chi connectivity index (χ3n) is 4.78. The number of hydrogen-bond acceptors (Lipinski definition) is 6. The van der Waals surface area contributed by atoms with Gasteiger partial charge in [0.15, 0.2) is 5.82 Å². The lowest BCUT2D eigenvalue weighted by Crippen LogP contribution is -2.03. The van der Waals surface area contributed by atoms with Crippen LogP contribution in [0.5, 0.6) is 11.6 Å². The summed E-state index contributed by atoms with van der Waals surface area (Å²) in [4.78, 5) is 28.9. The van der Waals surface area contributed by atoms with Gasteiger partial charge in [0, 0.05) is 29.2 Å². The molecule has 0 unspecified atom stereocenters. The predicted molar refractivity (Wildman–Crippen MR) is 118 cm³/mol. The number of carbonyl (C=O) groups excluding carboxylic acids is 1. The zero-order valence-corrected chi connectivity index (χ0v) is 16.3. The number of benzene rings is 3. The van der Waals surface area contributed by atoms with Crippen molar-refractivity contribution in [1.82, 2.24) is 19.9 Å². The molecule has 5 rings (SSSR count). The summed E-state index contributed by atoms with van der Waals surface area (Å²) in [7, 11) is 0. The van der Waals surface area contributed by atoms with Crippen molar-refractivity contribution >= 4 is 22.5 Å². The molecular formula is C24H17N5O2. The number of carbonyl (C=O) groups is 1. The maximum absolute atomic E-state index is 12.8. The molecule has 2 aromatic heterocycles. The van der Waals surface area contributed by atoms with Gasteiger partial charge in [-0.15, -0.1) is 0 Å². The van der Waals surface area contributed by atoms with Crippen molar-refractivity contribution < 1.29 is 9.53 Å². The number of para-hydroxylation sites is 2. The molecule has 2 heterocycles. The number of fused-ring (bicyclic) bond motifs is 1. The summed E-state index contributed by atoms with van der Waals surface area (Å²) in [6.07, 6.45) is 3.17. The molecule has 0 aliphatic rings. The first kappa shape index (κ1) is 18.5. The van der Waals surface area contributed by atoms with Gasteiger partial charge in [-0.2, -0.15) is 0 Å². The molecule has 0 fully saturated rings. The smallest absolute Gasteiger partial charge is 0.246 e. The number of rotatable bonds is 5. The van der Waals surface area contributed by atoms with Crippen LogP contribution in [0.15, 0.2) is 85.2 Å². The number of aromatic amines is 1. The molecular weight excluding hydrogens is 390 g/mol. The van der Waals surface area contributed by atoms with Crippen molar-refractivity contribution in [3.63, 3.8) is 0 Å². The Balaban J connectivity index is 1.39. The molecule has 31 heavy (non-hydrogen) atoms. The number of nitrogens with two attached hydrogens (primary N) is 1. The number of nitrogen functional groups attached to an aromatic ring is 1. The average molecular weight is 407 g/mol. The molecule has 7 heteroatoms. The molecule has 0 amide bonds. The summed E-state index contributed by atoms with van der Waals surface area (Å²) >= 11 is 0. The molecule has 3 N–H and O–H groups in total. The Labute approximate surface area is 177 Å². The highest BCUT2D eigenvalue weighted by molar-refractivity contribution is 6.08. The molecule has 0 saturated heterocycles. The Hall–Kier alpha value is -4.52. The number of nitrogens with one attached hydrogen (secondary N) is 1. The third kappa shape index (κ3) is 3.72. The van der Waals surface area contributed by atoms with E-state index in [1.807, 2.05) is 36.4 Å². The maximum Gasteiger partial charge on any atom is 0.246 e. The average Bonchev–Trinajstić information content (AvgIpc) is 3.25. The van der Waals surface area contributed by atoms with Crippen molar-refractivity contribution in [2.75, 3.05) is 5.73 Å². The minimum atomic E-state index is -0.190. The normalized spacial score (nSPS) is 10.8. The van der Waals surface area contributed by atoms with Crippen LogP contribution < -0.4 is 10.5 Å². The number of hydrogen-bond donors (Lipinski definition) is 2. The Morgan fingerprint density at radius 2 is 1.61 bits per heavy atom. The second kappa shape index (κ2) is 7.72. The molecule has 0 atom stereocenters. The highest BCUT2D eigenvalue weighted by Gasteiger charge is 2.15. The lowest BCUT2D eigenvalue weighted by Gasteiger charge is -2.09. The SMILES string of the molecule is Nc1ccc(-c2nccnc2Oc2ccc(C(=O)c3nc4ccccc4[nH]3)cc2)cc1. The van der Waals surface area contributed by atoms with Gasteiger partial charge in [-0.25, -0.2) is 15.0 Å². The quantitative estimate of drug-likeness (QED) is 0.325. The van der Waals surface area contributed by atoms with Crippen molar-refractivity contribution in [1.29, 1.82) is 0 Å². The van der Waals surface area contributed by atoms with Crippen molar-refractivity contribution in [2.24, 2.45) is 0 Å². The van der Waals surface area contributed by atoms with E-state index in [9.17, 15) is 4.79 Å². The molecule has 0 saturated carbocycles. The van der Waals surface area contributed by atoms with Gasteiger partial charge in [-0.05, 0) is 48.5 Å². The van der Waals surface area contributed by atoms with Crippen molar-refractivity contribution in [3.05, 3.63) is 96.6 Å². The number of aromatic nitrogens is 4. The third-order valence-corrected chi connectivity index (χ3v) is 4.78. The topological polar surface area (TPSA) is 107 Å². The van der Waals surface area contributed by atoms with Crippen LogP contribution in [-0.2, 0) is 0 Å². The van der Waals surface area contributed by atoms with E-state index in [4.69, 9.17) is 10.5 Å². The van der Waals surface area contributed by atoms with Crippen LogP contribution in [0.3, 0.4) is 0 Å². The fourth-order valence-corrected chi connectivity index (χ4v) is 3.22. The van der Waals surface area contributed by atoms with E-state index in [1.54, 1.807) is 48.8 Å². The number of imidazole rings is 1. The maximum atomic E-state index is 12.8. The van der Waals surface area contributed by atoms with E-state index in [-0.39, 0.29) is 5.78 Å². The molecule has 3 aromatic carbocycles. The first-order chi connectivity index (χ1) is 15.2. The summed E-state index contributed by atoms with van der Waals surface area (Å²) in [6.45, 7) is 0. The first-order valence-corrected chi connectivity index (χ1v) is 9.62. The predicted octanol–water partition coefficient (Wildman–Crippen LogP) is 4.63. The molecule has 7 nitrogen and oxygen atoms in total. The number of nitrogens with zero attached hydrogens (tertiary/aromatic N) is 3. The number of ketones is 1. The molecule has 5 aromatic rings. The number of anilines is 1. The lowest BCUT2D eigenvalue weighted by atomic mass is 10.1. The molecule has 0 radical (unpaired) electrons. The van der Waals surface area contributed by atoms with Gasteiger partial charge >= 0.3 is 0 Å². The molecule has 0 aliphatic heterocycles. The summed E-state index contributed by atoms with van der Waals surface area (Å²) in [5.41, 5.74) is 9.96. The minimum Gasteiger partial charge on any atom is -0.437 e. The van der Waals surface area contributed by atoms with Crippen LogP contribution in [0, 0.1) is 0 Å². The van der Waals surface area contributed by atoms with Crippen LogP contribution in [0.4, 0.5) is 5.69 Å². The summed E-state index contributed by atoms with van der Waals surface area (Å²) in [5, 5.41) is 0. The van der Waals surface area contributed by atoms with Crippen LogP contribution in [0.25, 0.3) is 22.3 Å². The van der Waals surface area contributed by atoms with Crippen LogP contribution in [-0.4, -0.2) is 25.7 Å². The molecule has 150 valence electrons. The van der Waals surface area contributed by atoms with E-state index in [2.05, 4.69) is 19.9 Å². The number of H-pyrrole nitrogens is 1. The first-order valence-electron chi connectivity index (χ1n) is 9.62. The highest BCUT2D eigenvalue weighted by atomic mass is 16.5. The summed E-state index contributed by atoms with van der Waals surface area (Å²) < 4.78 is 5.94. The molecule has 0 aliphatic carbocycles. The van der Waals surface area contributed by atoms with E-state index in [1.165, 1.54) is 0 Å². The number of ether oxygens (including phenoxy) is 1. The van der Waals surface area contributed by atoms with Gasteiger partial charge < -0.3 is 15.5 Å². The van der Waals surface area contributed by atoms with Crippen LogP contribution in [0.1, 0.15) is 16.2 Å². The summed E-state index contributed by atoms with van der Waals surface area (Å²) in [6, 6.07) is 21.7. The second-order valence-electron chi connectivity index (χ2n) is 6.89. The Morgan fingerprint density at radius 1 is 0.871 bits per heavy atom. The van der Waals surface area contributed by atoms with Gasteiger partial charge in [0.05, 0.1) is 11.0 Å². The van der Waals surface area contributed by atoms with Gasteiger partial charge in [-0.3, -0.25) is 4.79 Å². The minimum absolute atomic E-state index is 0.190. The molecule has 0 spiro atoms. The van der Waals surface area contributed by atoms with Gasteiger partial charge in [0.2, 0.25) is 11.7 Å². The van der Waals surface area contributed by atoms with E-state index < -0.39 is 0 Å². The lowest BCUT2D eigenvalue weighted by molar-refractivity contribution is 0.103. The van der Waals surface area contributed by atoms with Crippen LogP contribution in [0.2, 0.25) is 0 Å². The van der Waals surface area contributed by atoms with Gasteiger partial charge in [0.25, 0.3) is 0 Å². The standard InChI is InChI=1S/C24H17N5O2/c25-17-9-5-15(6-10-17)21-24(27-14-13-26-21)31-18-11-7-16(8-12-18)22(30)23-28-19-3-1-2-4-20(19)29-23/h1-14H,25H2,(H,28,29). The van der Waals surface area contributed by atoms with Crippen molar-refractivity contribution in [2.45, 2.75) is 0 Å². The van der Waals surface area contributed by atoms with Crippen molar-refractivity contribution in [3.8, 4) is 22.9 Å². The van der Waals surface area contributed by atoms with E-state index in [0.29, 0.717) is 34.4 Å². The van der Waals surface area contributed by atoms with Gasteiger partial charge in [-0.1, -0.05) is 24.3 Å². The van der Waals surface area contributed by atoms with Crippen LogP contribution >= 0.6 is 0 Å². The monoisotopic (exact) mass is 407 g/mol. The largest absolute Gasteiger partial charge is 0.437 e. The van der Waals surface area contributed by atoms with E-state index >= 15 is 0 Å². The van der Waals surface area contributed by atoms with Gasteiger partial charge in [0.1, 0.15) is 11.4 Å².